The lowest BCUT2D eigenvalue weighted by Crippen LogP contribution is -2.50. The molecule has 1 spiro atoms. The van der Waals surface area contributed by atoms with E-state index in [9.17, 15) is 4.79 Å². The molecular formula is C33H39N3O2S. The molecule has 2 aromatic carbocycles. The molecule has 2 heterocycles. The number of hydrogen-bond acceptors (Lipinski definition) is 6. The van der Waals surface area contributed by atoms with Crippen LogP contribution in [0.1, 0.15) is 75.5 Å². The molecule has 3 aliphatic rings. The molecule has 2 atom stereocenters. The van der Waals surface area contributed by atoms with Crippen molar-refractivity contribution in [2.24, 2.45) is 22.7 Å². The number of nitrogens with zero attached hydrogens (tertiary/aromatic N) is 2. The van der Waals surface area contributed by atoms with Crippen LogP contribution < -0.4 is 9.46 Å². The van der Waals surface area contributed by atoms with Crippen molar-refractivity contribution in [2.45, 2.75) is 77.5 Å². The number of fused-ring (bicyclic) bond motifs is 4. The molecule has 2 unspecified atom stereocenters. The standard InChI is InChI=1S/C33H39N3O2S/c1-20-8-6-9-21(2)29(20)27-13-28-35-31(34-27)36-39-26-11-7-10-22(12-26)30(24(19-38-28)14-32(3,4)5)23-15-33(16-23)17-25(37)18-33/h6-13,23-24,30H,14-19H2,1-5H3,(H,34,35,36). The van der Waals surface area contributed by atoms with Crippen molar-refractivity contribution < 1.29 is 9.53 Å². The topological polar surface area (TPSA) is 64.1 Å². The monoisotopic (exact) mass is 541 g/mol. The summed E-state index contributed by atoms with van der Waals surface area (Å²) in [4.78, 5) is 22.7. The van der Waals surface area contributed by atoms with Gasteiger partial charge in [0.15, 0.2) is 0 Å². The number of aryl methyl sites for hydroxylation is 2. The van der Waals surface area contributed by atoms with Crippen LogP contribution in [0.3, 0.4) is 0 Å². The van der Waals surface area contributed by atoms with Gasteiger partial charge in [-0.1, -0.05) is 51.1 Å². The molecule has 0 radical (unpaired) electrons. The number of carbonyl (C=O) groups is 1. The molecule has 2 fully saturated rings. The van der Waals surface area contributed by atoms with Crippen LogP contribution in [0.15, 0.2) is 53.4 Å². The lowest BCUT2D eigenvalue weighted by atomic mass is 9.47. The van der Waals surface area contributed by atoms with Crippen LogP contribution in [0.5, 0.6) is 5.88 Å². The van der Waals surface area contributed by atoms with Gasteiger partial charge in [-0.2, -0.15) is 4.98 Å². The summed E-state index contributed by atoms with van der Waals surface area (Å²) in [5.74, 6) is 2.88. The van der Waals surface area contributed by atoms with Crippen molar-refractivity contribution in [2.75, 3.05) is 11.3 Å². The van der Waals surface area contributed by atoms with Crippen molar-refractivity contribution in [3.63, 3.8) is 0 Å². The number of carbonyl (C=O) groups excluding carboxylic acids is 1. The van der Waals surface area contributed by atoms with Gasteiger partial charge in [0.25, 0.3) is 0 Å². The Hall–Kier alpha value is -2.86. The number of Topliss-reactive ketones (excluding diaryl/α,β-unsaturated/α-hetero) is 1. The highest BCUT2D eigenvalue weighted by molar-refractivity contribution is 8.00. The third-order valence-corrected chi connectivity index (χ3v) is 9.59. The number of nitrogens with one attached hydrogen (secondary N) is 1. The van der Waals surface area contributed by atoms with Crippen molar-refractivity contribution in [1.82, 2.24) is 9.97 Å². The Kier molecular flexibility index (Phi) is 6.73. The Balaban J connectivity index is 1.39. The normalized spacial score (nSPS) is 22.5. The highest BCUT2D eigenvalue weighted by Gasteiger charge is 2.55. The molecule has 2 aliphatic carbocycles. The highest BCUT2D eigenvalue weighted by Crippen LogP contribution is 2.62. The van der Waals surface area contributed by atoms with E-state index < -0.39 is 0 Å². The number of hydrogen-bond donors (Lipinski definition) is 1. The van der Waals surface area contributed by atoms with Gasteiger partial charge in [0.05, 0.1) is 12.3 Å². The van der Waals surface area contributed by atoms with Gasteiger partial charge in [-0.15, -0.1) is 0 Å². The van der Waals surface area contributed by atoms with E-state index in [1.54, 1.807) is 11.9 Å². The number of ether oxygens (including phenoxy) is 1. The molecule has 2 saturated carbocycles. The first-order valence-corrected chi connectivity index (χ1v) is 15.0. The molecule has 4 bridgehead atoms. The Morgan fingerprint density at radius 2 is 1.74 bits per heavy atom. The molecule has 1 aromatic heterocycles. The van der Waals surface area contributed by atoms with Crippen molar-refractivity contribution in [1.29, 1.82) is 0 Å². The minimum atomic E-state index is 0.158. The summed E-state index contributed by atoms with van der Waals surface area (Å²) in [6.45, 7) is 11.8. The fourth-order valence-corrected chi connectivity index (χ4v) is 8.00. The molecule has 0 saturated heterocycles. The zero-order valence-electron chi connectivity index (χ0n) is 23.7. The van der Waals surface area contributed by atoms with Crippen LogP contribution in [0.4, 0.5) is 5.95 Å². The van der Waals surface area contributed by atoms with E-state index in [4.69, 9.17) is 14.7 Å². The number of rotatable bonds is 3. The van der Waals surface area contributed by atoms with E-state index >= 15 is 0 Å². The van der Waals surface area contributed by atoms with E-state index in [2.05, 4.69) is 81.8 Å². The first-order valence-electron chi connectivity index (χ1n) is 14.2. The second-order valence-electron chi connectivity index (χ2n) is 13.4. The Labute approximate surface area is 236 Å². The zero-order chi connectivity index (χ0) is 27.4. The molecule has 1 N–H and O–H groups in total. The molecule has 204 valence electrons. The third-order valence-electron chi connectivity index (χ3n) is 8.81. The van der Waals surface area contributed by atoms with Crippen LogP contribution in [0.2, 0.25) is 0 Å². The molecule has 39 heavy (non-hydrogen) atoms. The summed E-state index contributed by atoms with van der Waals surface area (Å²) >= 11 is 1.55. The van der Waals surface area contributed by atoms with Crippen LogP contribution >= 0.6 is 11.9 Å². The third kappa shape index (κ3) is 5.45. The maximum atomic E-state index is 11.9. The SMILES string of the molecule is Cc1cccc(C)c1-c1cc2nc(n1)NSc1cccc(c1)C(C1CC3(CC(=O)C3)C1)C(CC(C)(C)C)CO2. The van der Waals surface area contributed by atoms with E-state index in [0.29, 0.717) is 42.0 Å². The van der Waals surface area contributed by atoms with Crippen LogP contribution in [0.25, 0.3) is 11.3 Å². The molecule has 6 heteroatoms. The molecule has 5 nitrogen and oxygen atoms in total. The summed E-state index contributed by atoms with van der Waals surface area (Å²) in [5, 5.41) is 0. The molecule has 3 aromatic rings. The minimum Gasteiger partial charge on any atom is -0.477 e. The number of anilines is 1. The van der Waals surface area contributed by atoms with Crippen molar-refractivity contribution in [3.05, 3.63) is 65.2 Å². The molecule has 6 rings (SSSR count). The van der Waals surface area contributed by atoms with Gasteiger partial charge in [0.2, 0.25) is 11.8 Å². The average Bonchev–Trinajstić information content (AvgIpc) is 2.82. The summed E-state index contributed by atoms with van der Waals surface area (Å²) in [6, 6.07) is 17.3. The van der Waals surface area contributed by atoms with E-state index in [1.807, 2.05) is 6.07 Å². The zero-order valence-corrected chi connectivity index (χ0v) is 24.5. The van der Waals surface area contributed by atoms with Crippen LogP contribution in [-0.2, 0) is 4.79 Å². The fraction of sp³-hybridized carbons (Fsp3) is 0.485. The van der Waals surface area contributed by atoms with E-state index in [0.717, 1.165) is 48.3 Å². The number of ketones is 1. The lowest BCUT2D eigenvalue weighted by Gasteiger charge is -2.56. The van der Waals surface area contributed by atoms with Crippen LogP contribution in [0, 0.1) is 36.5 Å². The molecule has 1 aliphatic heterocycles. The van der Waals surface area contributed by atoms with Gasteiger partial charge in [-0.25, -0.2) is 4.98 Å². The predicted molar refractivity (Wildman–Crippen MR) is 158 cm³/mol. The van der Waals surface area contributed by atoms with E-state index in [-0.39, 0.29) is 10.8 Å². The minimum absolute atomic E-state index is 0.158. The lowest BCUT2D eigenvalue weighted by molar-refractivity contribution is -0.144. The fourth-order valence-electron chi connectivity index (χ4n) is 7.36. The summed E-state index contributed by atoms with van der Waals surface area (Å²) in [6.07, 6.45) is 4.90. The quantitative estimate of drug-likeness (QED) is 0.337. The van der Waals surface area contributed by atoms with Gasteiger partial charge in [0.1, 0.15) is 5.78 Å². The van der Waals surface area contributed by atoms with Crippen molar-refractivity contribution >= 4 is 23.7 Å². The Morgan fingerprint density at radius 3 is 2.44 bits per heavy atom. The van der Waals surface area contributed by atoms with Gasteiger partial charge < -0.3 is 4.74 Å². The molecular weight excluding hydrogens is 502 g/mol. The first kappa shape index (κ1) is 26.4. The maximum absolute atomic E-state index is 11.9. The smallest absolute Gasteiger partial charge is 0.237 e. The molecule has 0 amide bonds. The number of benzene rings is 2. The van der Waals surface area contributed by atoms with Gasteiger partial charge in [-0.05, 0) is 96.5 Å². The van der Waals surface area contributed by atoms with Crippen LogP contribution in [-0.4, -0.2) is 22.4 Å². The predicted octanol–water partition coefficient (Wildman–Crippen LogP) is 8.17. The van der Waals surface area contributed by atoms with Crippen molar-refractivity contribution in [3.8, 4) is 17.1 Å². The second-order valence-corrected chi connectivity index (χ2v) is 14.3. The largest absolute Gasteiger partial charge is 0.477 e. The van der Waals surface area contributed by atoms with E-state index in [1.165, 1.54) is 16.7 Å². The maximum Gasteiger partial charge on any atom is 0.237 e. The Morgan fingerprint density at radius 1 is 1.03 bits per heavy atom. The number of aromatic nitrogens is 2. The van der Waals surface area contributed by atoms with Gasteiger partial charge in [-0.3, -0.25) is 9.52 Å². The average molecular weight is 542 g/mol. The van der Waals surface area contributed by atoms with Gasteiger partial charge >= 0.3 is 0 Å². The summed E-state index contributed by atoms with van der Waals surface area (Å²) < 4.78 is 9.99. The summed E-state index contributed by atoms with van der Waals surface area (Å²) in [5.41, 5.74) is 6.19. The Bertz CT molecular complexity index is 1380. The summed E-state index contributed by atoms with van der Waals surface area (Å²) in [7, 11) is 0. The highest BCUT2D eigenvalue weighted by atomic mass is 32.2. The first-order chi connectivity index (χ1) is 18.6. The van der Waals surface area contributed by atoms with Gasteiger partial charge in [0, 0.05) is 35.3 Å². The second kappa shape index (κ2) is 9.96.